The van der Waals surface area contributed by atoms with E-state index < -0.39 is 0 Å². The average molecular weight is 364 g/mol. The maximum Gasteiger partial charge on any atom is 0.220 e. The number of piperazine rings is 1. The molecule has 0 radical (unpaired) electrons. The quantitative estimate of drug-likeness (QED) is 0.685. The van der Waals surface area contributed by atoms with Crippen molar-refractivity contribution in [2.24, 2.45) is 0 Å². The number of aryl methyl sites for hydroxylation is 1. The van der Waals surface area contributed by atoms with Gasteiger partial charge in [-0.25, -0.2) is 4.39 Å². The smallest absolute Gasteiger partial charge is 0.220 e. The molecule has 1 aromatic rings. The number of nitrogens with one attached hydrogen (secondary N) is 1. The van der Waals surface area contributed by atoms with Crippen molar-refractivity contribution in [3.8, 4) is 0 Å². The number of amides is 1. The van der Waals surface area contributed by atoms with Crippen LogP contribution in [0.25, 0.3) is 0 Å². The van der Waals surface area contributed by atoms with Gasteiger partial charge in [0.15, 0.2) is 0 Å². The minimum absolute atomic E-state index is 0.0103. The molecule has 1 N–H and O–H groups in total. The van der Waals surface area contributed by atoms with Crippen LogP contribution in [-0.2, 0) is 11.2 Å². The van der Waals surface area contributed by atoms with Crippen LogP contribution < -0.4 is 5.32 Å². The van der Waals surface area contributed by atoms with Gasteiger partial charge in [0.05, 0.1) is 0 Å². The summed E-state index contributed by atoms with van der Waals surface area (Å²) in [4.78, 5) is 17.1. The number of rotatable bonds is 9. The van der Waals surface area contributed by atoms with E-state index in [0.29, 0.717) is 13.0 Å². The summed E-state index contributed by atoms with van der Waals surface area (Å²) in [6, 6.07) is 6.61. The lowest BCUT2D eigenvalue weighted by Gasteiger charge is -2.44. The summed E-state index contributed by atoms with van der Waals surface area (Å²) in [5, 5.41) is 3.11. The Bertz CT molecular complexity index is 551. The number of halogens is 1. The molecule has 0 unspecified atom stereocenters. The van der Waals surface area contributed by atoms with Crippen LogP contribution in [0.15, 0.2) is 24.3 Å². The zero-order chi connectivity index (χ0) is 19.0. The van der Waals surface area contributed by atoms with Gasteiger partial charge in [-0.1, -0.05) is 19.1 Å². The Balaban J connectivity index is 1.62. The minimum Gasteiger partial charge on any atom is -0.354 e. The lowest BCUT2D eigenvalue weighted by atomic mass is 10.0. The van der Waals surface area contributed by atoms with Crippen LogP contribution in [0, 0.1) is 5.82 Å². The number of nitrogens with zero attached hydrogens (tertiary/aromatic N) is 2. The van der Waals surface area contributed by atoms with Crippen LogP contribution in [0.2, 0.25) is 0 Å². The second kappa shape index (κ2) is 10.0. The summed E-state index contributed by atoms with van der Waals surface area (Å²) in [7, 11) is 0. The molecule has 4 nitrogen and oxygen atoms in total. The first-order valence-electron chi connectivity index (χ1n) is 9.89. The van der Waals surface area contributed by atoms with Crippen LogP contribution in [0.3, 0.4) is 0 Å². The minimum atomic E-state index is -0.202. The SMILES string of the molecule is CCN1CCN(C(C)(C)CNC(=O)CCCCc2ccc(F)cc2)CC1. The summed E-state index contributed by atoms with van der Waals surface area (Å²) in [5.74, 6) is -0.0729. The Morgan fingerprint density at radius 2 is 1.77 bits per heavy atom. The maximum atomic E-state index is 12.9. The Morgan fingerprint density at radius 1 is 1.12 bits per heavy atom. The first-order valence-corrected chi connectivity index (χ1v) is 9.89. The van der Waals surface area contributed by atoms with E-state index in [4.69, 9.17) is 0 Å². The largest absolute Gasteiger partial charge is 0.354 e. The highest BCUT2D eigenvalue weighted by Crippen LogP contribution is 2.16. The predicted octanol–water partition coefficient (Wildman–Crippen LogP) is 3.07. The molecule has 1 aliphatic rings. The second-order valence-electron chi connectivity index (χ2n) is 7.84. The molecule has 2 rings (SSSR count). The third-order valence-corrected chi connectivity index (χ3v) is 5.43. The Morgan fingerprint density at radius 3 is 2.38 bits per heavy atom. The molecule has 1 amide bonds. The van der Waals surface area contributed by atoms with Crippen molar-refractivity contribution >= 4 is 5.91 Å². The fourth-order valence-corrected chi connectivity index (χ4v) is 3.45. The molecule has 146 valence electrons. The van der Waals surface area contributed by atoms with Crippen molar-refractivity contribution in [3.05, 3.63) is 35.6 Å². The van der Waals surface area contributed by atoms with Gasteiger partial charge >= 0.3 is 0 Å². The third-order valence-electron chi connectivity index (χ3n) is 5.43. The number of likely N-dealkylation sites (N-methyl/N-ethyl adjacent to an activating group) is 1. The number of benzene rings is 1. The predicted molar refractivity (Wildman–Crippen MR) is 105 cm³/mol. The van der Waals surface area contributed by atoms with Gasteiger partial charge in [-0.2, -0.15) is 0 Å². The van der Waals surface area contributed by atoms with E-state index in [0.717, 1.165) is 57.5 Å². The van der Waals surface area contributed by atoms with E-state index in [2.05, 4.69) is 35.9 Å². The van der Waals surface area contributed by atoms with Crippen LogP contribution in [0.4, 0.5) is 4.39 Å². The Hall–Kier alpha value is -1.46. The number of hydrogen-bond acceptors (Lipinski definition) is 3. The van der Waals surface area contributed by atoms with Crippen molar-refractivity contribution in [1.82, 2.24) is 15.1 Å². The highest BCUT2D eigenvalue weighted by Gasteiger charge is 2.29. The van der Waals surface area contributed by atoms with E-state index in [1.807, 2.05) is 12.1 Å². The molecule has 1 heterocycles. The standard InChI is InChI=1S/C21H34FN3O/c1-4-24-13-15-25(16-14-24)21(2,3)17-23-20(26)8-6-5-7-18-9-11-19(22)12-10-18/h9-12H,4-8,13-17H2,1-3H3,(H,23,26). The third kappa shape index (κ3) is 6.69. The first kappa shape index (κ1) is 20.8. The molecule has 1 aromatic carbocycles. The summed E-state index contributed by atoms with van der Waals surface area (Å²) in [6.45, 7) is 12.8. The number of carbonyl (C=O) groups excluding carboxylic acids is 1. The maximum absolute atomic E-state index is 12.9. The Labute approximate surface area is 157 Å². The highest BCUT2D eigenvalue weighted by molar-refractivity contribution is 5.75. The molecule has 1 saturated heterocycles. The van der Waals surface area contributed by atoms with Gasteiger partial charge in [-0.05, 0) is 57.4 Å². The molecule has 1 aliphatic heterocycles. The molecule has 1 fully saturated rings. The monoisotopic (exact) mass is 363 g/mol. The molecule has 0 atom stereocenters. The van der Waals surface area contributed by atoms with Crippen molar-refractivity contribution in [1.29, 1.82) is 0 Å². The Kier molecular flexibility index (Phi) is 8.04. The molecular formula is C21H34FN3O. The molecule has 0 aliphatic carbocycles. The van der Waals surface area contributed by atoms with Gasteiger partial charge in [0.2, 0.25) is 5.91 Å². The van der Waals surface area contributed by atoms with E-state index in [1.54, 1.807) is 0 Å². The van der Waals surface area contributed by atoms with Crippen molar-refractivity contribution in [2.45, 2.75) is 52.0 Å². The number of carbonyl (C=O) groups is 1. The lowest BCUT2D eigenvalue weighted by molar-refractivity contribution is -0.121. The van der Waals surface area contributed by atoms with Crippen molar-refractivity contribution in [2.75, 3.05) is 39.3 Å². The van der Waals surface area contributed by atoms with Gasteiger partial charge in [-0.15, -0.1) is 0 Å². The fourth-order valence-electron chi connectivity index (χ4n) is 3.45. The topological polar surface area (TPSA) is 35.6 Å². The first-order chi connectivity index (χ1) is 12.4. The molecule has 5 heteroatoms. The molecular weight excluding hydrogens is 329 g/mol. The van der Waals surface area contributed by atoms with Crippen molar-refractivity contribution in [3.63, 3.8) is 0 Å². The van der Waals surface area contributed by atoms with Gasteiger partial charge in [0.25, 0.3) is 0 Å². The fraction of sp³-hybridized carbons (Fsp3) is 0.667. The molecule has 0 aromatic heterocycles. The van der Waals surface area contributed by atoms with E-state index in [9.17, 15) is 9.18 Å². The average Bonchev–Trinajstić information content (AvgIpc) is 2.65. The van der Waals surface area contributed by atoms with Crippen LogP contribution in [-0.4, -0.2) is 60.5 Å². The van der Waals surface area contributed by atoms with E-state index in [1.165, 1.54) is 12.1 Å². The summed E-state index contributed by atoms with van der Waals surface area (Å²) in [5.41, 5.74) is 1.11. The molecule has 0 bridgehead atoms. The summed E-state index contributed by atoms with van der Waals surface area (Å²) >= 11 is 0. The summed E-state index contributed by atoms with van der Waals surface area (Å²) in [6.07, 6.45) is 3.25. The van der Waals surface area contributed by atoms with E-state index >= 15 is 0 Å². The van der Waals surface area contributed by atoms with Crippen molar-refractivity contribution < 1.29 is 9.18 Å². The van der Waals surface area contributed by atoms with Crippen LogP contribution in [0.1, 0.15) is 45.6 Å². The zero-order valence-corrected chi connectivity index (χ0v) is 16.6. The lowest BCUT2D eigenvalue weighted by Crippen LogP contribution is -2.58. The molecule has 26 heavy (non-hydrogen) atoms. The normalized spacial score (nSPS) is 16.6. The van der Waals surface area contributed by atoms with Gasteiger partial charge in [0, 0.05) is 44.7 Å². The zero-order valence-electron chi connectivity index (χ0n) is 16.6. The number of hydrogen-bond donors (Lipinski definition) is 1. The van der Waals surface area contributed by atoms with E-state index in [-0.39, 0.29) is 17.3 Å². The van der Waals surface area contributed by atoms with Gasteiger partial charge in [0.1, 0.15) is 5.82 Å². The number of unbranched alkanes of at least 4 members (excludes halogenated alkanes) is 1. The molecule has 0 saturated carbocycles. The van der Waals surface area contributed by atoms with Crippen LogP contribution in [0.5, 0.6) is 0 Å². The van der Waals surface area contributed by atoms with Gasteiger partial charge < -0.3 is 10.2 Å². The van der Waals surface area contributed by atoms with Crippen LogP contribution >= 0.6 is 0 Å². The van der Waals surface area contributed by atoms with Gasteiger partial charge in [-0.3, -0.25) is 9.69 Å². The second-order valence-corrected chi connectivity index (χ2v) is 7.84. The molecule has 0 spiro atoms. The summed E-state index contributed by atoms with van der Waals surface area (Å²) < 4.78 is 12.9. The highest BCUT2D eigenvalue weighted by atomic mass is 19.1.